The number of nitrogens with zero attached hydrogens (tertiary/aromatic N) is 3. The van der Waals surface area contributed by atoms with Crippen LogP contribution in [0.4, 0.5) is 13.2 Å². The number of hydrogen-bond acceptors (Lipinski definition) is 4. The summed E-state index contributed by atoms with van der Waals surface area (Å²) < 4.78 is 42.0. The fourth-order valence-electron chi connectivity index (χ4n) is 3.21. The minimum Gasteiger partial charge on any atom is -0.350 e. The van der Waals surface area contributed by atoms with Crippen molar-refractivity contribution in [3.8, 4) is 0 Å². The average Bonchev–Trinajstić information content (AvgIpc) is 2.99. The first-order valence-electron chi connectivity index (χ1n) is 8.92. The van der Waals surface area contributed by atoms with Gasteiger partial charge in [0.1, 0.15) is 6.04 Å². The van der Waals surface area contributed by atoms with Gasteiger partial charge in [-0.25, -0.2) is 0 Å². The summed E-state index contributed by atoms with van der Waals surface area (Å²) in [4.78, 5) is 13.9. The van der Waals surface area contributed by atoms with Gasteiger partial charge in [0.05, 0.1) is 23.0 Å². The SMILES string of the molecule is CCc1c(C(=O)NCC(N2CCNCC2)C(F)(F)F)cnn1C(C)(C)C. The number of hydrogen-bond donors (Lipinski definition) is 2. The molecule has 1 saturated heterocycles. The van der Waals surface area contributed by atoms with Crippen LogP contribution in [0, 0.1) is 0 Å². The second-order valence-electron chi connectivity index (χ2n) is 7.49. The van der Waals surface area contributed by atoms with Gasteiger partial charge in [0.25, 0.3) is 5.91 Å². The lowest BCUT2D eigenvalue weighted by Crippen LogP contribution is -2.57. The molecule has 2 heterocycles. The van der Waals surface area contributed by atoms with Gasteiger partial charge in [-0.05, 0) is 27.2 Å². The Morgan fingerprint density at radius 3 is 2.42 bits per heavy atom. The van der Waals surface area contributed by atoms with Crippen molar-refractivity contribution in [1.82, 2.24) is 25.3 Å². The number of nitrogens with one attached hydrogen (secondary N) is 2. The van der Waals surface area contributed by atoms with Crippen molar-refractivity contribution in [3.05, 3.63) is 17.5 Å². The Morgan fingerprint density at radius 2 is 1.92 bits per heavy atom. The Hall–Kier alpha value is -1.61. The zero-order valence-electron chi connectivity index (χ0n) is 15.8. The van der Waals surface area contributed by atoms with E-state index in [1.807, 2.05) is 27.7 Å². The number of aromatic nitrogens is 2. The number of carbonyl (C=O) groups is 1. The summed E-state index contributed by atoms with van der Waals surface area (Å²) in [5.41, 5.74) is 0.753. The molecule has 148 valence electrons. The maximum absolute atomic E-state index is 13.4. The predicted molar refractivity (Wildman–Crippen MR) is 93.2 cm³/mol. The Labute approximate surface area is 152 Å². The molecule has 0 saturated carbocycles. The van der Waals surface area contributed by atoms with Crippen LogP contribution in [-0.4, -0.2) is 65.5 Å². The molecule has 1 amide bonds. The lowest BCUT2D eigenvalue weighted by molar-refractivity contribution is -0.183. The Kier molecular flexibility index (Phi) is 6.33. The molecule has 1 fully saturated rings. The number of alkyl halides is 3. The molecule has 0 aliphatic carbocycles. The van der Waals surface area contributed by atoms with Gasteiger partial charge in [0, 0.05) is 32.7 Å². The number of halogens is 3. The number of carbonyl (C=O) groups excluding carboxylic acids is 1. The van der Waals surface area contributed by atoms with E-state index in [2.05, 4.69) is 15.7 Å². The fourth-order valence-corrected chi connectivity index (χ4v) is 3.21. The van der Waals surface area contributed by atoms with Gasteiger partial charge >= 0.3 is 6.18 Å². The maximum Gasteiger partial charge on any atom is 0.405 e. The molecule has 1 unspecified atom stereocenters. The first-order valence-corrected chi connectivity index (χ1v) is 8.92. The van der Waals surface area contributed by atoms with Gasteiger partial charge < -0.3 is 10.6 Å². The van der Waals surface area contributed by atoms with Gasteiger partial charge in [-0.15, -0.1) is 0 Å². The van der Waals surface area contributed by atoms with Crippen LogP contribution < -0.4 is 10.6 Å². The van der Waals surface area contributed by atoms with Crippen molar-refractivity contribution in [2.75, 3.05) is 32.7 Å². The quantitative estimate of drug-likeness (QED) is 0.823. The van der Waals surface area contributed by atoms with E-state index in [1.165, 1.54) is 11.1 Å². The molecule has 1 atom stereocenters. The van der Waals surface area contributed by atoms with Gasteiger partial charge in [0.15, 0.2) is 0 Å². The van der Waals surface area contributed by atoms with E-state index in [9.17, 15) is 18.0 Å². The molecular formula is C17H28F3N5O. The Morgan fingerprint density at radius 1 is 1.31 bits per heavy atom. The van der Waals surface area contributed by atoms with Crippen LogP contribution in [0.3, 0.4) is 0 Å². The zero-order chi connectivity index (χ0) is 19.5. The van der Waals surface area contributed by atoms with Crippen LogP contribution in [0.5, 0.6) is 0 Å². The van der Waals surface area contributed by atoms with E-state index < -0.39 is 24.7 Å². The van der Waals surface area contributed by atoms with Gasteiger partial charge in [-0.2, -0.15) is 18.3 Å². The van der Waals surface area contributed by atoms with E-state index in [4.69, 9.17) is 0 Å². The molecule has 2 rings (SSSR count). The lowest BCUT2D eigenvalue weighted by atomic mass is 10.1. The van der Waals surface area contributed by atoms with Crippen LogP contribution >= 0.6 is 0 Å². The van der Waals surface area contributed by atoms with E-state index in [0.717, 1.165) is 5.69 Å². The molecule has 2 N–H and O–H groups in total. The number of amides is 1. The van der Waals surface area contributed by atoms with Crippen LogP contribution in [-0.2, 0) is 12.0 Å². The Balaban J connectivity index is 2.12. The third kappa shape index (κ3) is 4.76. The van der Waals surface area contributed by atoms with Crippen molar-refractivity contribution in [3.63, 3.8) is 0 Å². The van der Waals surface area contributed by atoms with Crippen molar-refractivity contribution in [2.45, 2.75) is 51.9 Å². The molecule has 0 aromatic carbocycles. The van der Waals surface area contributed by atoms with Crippen LogP contribution in [0.15, 0.2) is 6.20 Å². The largest absolute Gasteiger partial charge is 0.405 e. The second kappa shape index (κ2) is 7.96. The third-order valence-corrected chi connectivity index (χ3v) is 4.51. The third-order valence-electron chi connectivity index (χ3n) is 4.51. The summed E-state index contributed by atoms with van der Waals surface area (Å²) in [6.07, 6.45) is -2.39. The minimum absolute atomic E-state index is 0.306. The standard InChI is InChI=1S/C17H28F3N5O/c1-5-13-12(10-23-25(13)16(2,3)4)15(26)22-11-14(17(18,19)20)24-8-6-21-7-9-24/h10,14,21H,5-9,11H2,1-4H3,(H,22,26). The molecule has 0 radical (unpaired) electrons. The highest BCUT2D eigenvalue weighted by Crippen LogP contribution is 2.25. The highest BCUT2D eigenvalue weighted by molar-refractivity contribution is 5.95. The average molecular weight is 375 g/mol. The van der Waals surface area contributed by atoms with Crippen molar-refractivity contribution in [2.24, 2.45) is 0 Å². The molecule has 1 aliphatic heterocycles. The topological polar surface area (TPSA) is 62.2 Å². The first kappa shape index (κ1) is 20.7. The second-order valence-corrected chi connectivity index (χ2v) is 7.49. The molecule has 0 spiro atoms. The summed E-state index contributed by atoms with van der Waals surface area (Å²) in [6.45, 7) is 8.96. The smallest absolute Gasteiger partial charge is 0.350 e. The van der Waals surface area contributed by atoms with E-state index in [1.54, 1.807) is 4.68 Å². The van der Waals surface area contributed by atoms with Crippen LogP contribution in [0.1, 0.15) is 43.7 Å². The van der Waals surface area contributed by atoms with E-state index >= 15 is 0 Å². The monoisotopic (exact) mass is 375 g/mol. The molecule has 26 heavy (non-hydrogen) atoms. The molecule has 9 heteroatoms. The van der Waals surface area contributed by atoms with Gasteiger partial charge in [0.2, 0.25) is 0 Å². The summed E-state index contributed by atoms with van der Waals surface area (Å²) >= 11 is 0. The molecular weight excluding hydrogens is 347 g/mol. The minimum atomic E-state index is -4.40. The van der Waals surface area contributed by atoms with Crippen molar-refractivity contribution in [1.29, 1.82) is 0 Å². The predicted octanol–water partition coefficient (Wildman–Crippen LogP) is 1.77. The first-order chi connectivity index (χ1) is 12.1. The molecule has 1 aliphatic rings. The highest BCUT2D eigenvalue weighted by Gasteiger charge is 2.44. The molecule has 0 bridgehead atoms. The van der Waals surface area contributed by atoms with Crippen LogP contribution in [0.2, 0.25) is 0 Å². The summed E-state index contributed by atoms with van der Waals surface area (Å²) in [7, 11) is 0. The maximum atomic E-state index is 13.4. The highest BCUT2D eigenvalue weighted by atomic mass is 19.4. The van der Waals surface area contributed by atoms with Crippen LogP contribution in [0.25, 0.3) is 0 Å². The van der Waals surface area contributed by atoms with Gasteiger partial charge in [-0.1, -0.05) is 6.92 Å². The lowest BCUT2D eigenvalue weighted by Gasteiger charge is -2.35. The van der Waals surface area contributed by atoms with Crippen molar-refractivity contribution >= 4 is 5.91 Å². The summed E-state index contributed by atoms with van der Waals surface area (Å²) in [5.74, 6) is -0.512. The van der Waals surface area contributed by atoms with Crippen molar-refractivity contribution < 1.29 is 18.0 Å². The number of piperazine rings is 1. The molecule has 1 aromatic rings. The van der Waals surface area contributed by atoms with E-state index in [0.29, 0.717) is 38.2 Å². The van der Waals surface area contributed by atoms with Gasteiger partial charge in [-0.3, -0.25) is 14.4 Å². The molecule has 1 aromatic heterocycles. The zero-order valence-corrected chi connectivity index (χ0v) is 15.8. The summed E-state index contributed by atoms with van der Waals surface area (Å²) in [5, 5.41) is 9.76. The summed E-state index contributed by atoms with van der Waals surface area (Å²) in [6, 6.07) is -1.68. The van der Waals surface area contributed by atoms with E-state index in [-0.39, 0.29) is 5.54 Å². The molecule has 6 nitrogen and oxygen atoms in total. The normalized spacial score (nSPS) is 18.0. The fraction of sp³-hybridized carbons (Fsp3) is 0.765. The number of rotatable bonds is 5. The Bertz CT molecular complexity index is 615.